The van der Waals surface area contributed by atoms with Gasteiger partial charge in [0.25, 0.3) is 0 Å². The molecule has 1 saturated heterocycles. The number of aliphatic imine (C=N–C) groups is 1. The van der Waals surface area contributed by atoms with Crippen LogP contribution >= 0.6 is 24.0 Å². The summed E-state index contributed by atoms with van der Waals surface area (Å²) in [6.07, 6.45) is 0. The number of guanidine groups is 1. The highest BCUT2D eigenvalue weighted by Crippen LogP contribution is 2.27. The molecule has 0 radical (unpaired) electrons. The third-order valence-corrected chi connectivity index (χ3v) is 5.45. The van der Waals surface area contributed by atoms with E-state index in [1.54, 1.807) is 6.07 Å². The summed E-state index contributed by atoms with van der Waals surface area (Å²) in [6, 6.07) is 16.3. The highest BCUT2D eigenvalue weighted by molar-refractivity contribution is 14.0. The number of halogens is 1. The smallest absolute Gasteiger partial charge is 0.194 e. The quantitative estimate of drug-likeness (QED) is 0.346. The number of para-hydroxylation sites is 2. The first-order valence-corrected chi connectivity index (χ1v) is 10.4. The van der Waals surface area contributed by atoms with Crippen molar-refractivity contribution < 1.29 is 5.11 Å². The van der Waals surface area contributed by atoms with Crippen LogP contribution in [0, 0.1) is 0 Å². The van der Waals surface area contributed by atoms with Crippen LogP contribution in [-0.4, -0.2) is 67.7 Å². The molecule has 2 aromatic rings. The molecule has 0 unspecified atom stereocenters. The maximum Gasteiger partial charge on any atom is 0.194 e. The van der Waals surface area contributed by atoms with Gasteiger partial charge in [-0.15, -0.1) is 24.0 Å². The van der Waals surface area contributed by atoms with Crippen molar-refractivity contribution in [1.82, 2.24) is 15.1 Å². The van der Waals surface area contributed by atoms with Gasteiger partial charge < -0.3 is 25.1 Å². The van der Waals surface area contributed by atoms with Crippen molar-refractivity contribution >= 4 is 35.6 Å². The first-order valence-electron chi connectivity index (χ1n) is 10.4. The molecule has 0 aromatic heterocycles. The second-order valence-corrected chi connectivity index (χ2v) is 7.51. The lowest BCUT2D eigenvalue weighted by Gasteiger charge is -2.37. The van der Waals surface area contributed by atoms with E-state index in [0.29, 0.717) is 5.75 Å². The summed E-state index contributed by atoms with van der Waals surface area (Å²) in [6.45, 7) is 8.40. The van der Waals surface area contributed by atoms with Crippen LogP contribution in [0.2, 0.25) is 0 Å². The molecular weight excluding hydrogens is 489 g/mol. The minimum atomic E-state index is 0. The van der Waals surface area contributed by atoms with E-state index in [1.807, 2.05) is 25.2 Å². The number of hydrogen-bond donors (Lipinski definition) is 2. The van der Waals surface area contributed by atoms with Crippen molar-refractivity contribution in [2.45, 2.75) is 20.0 Å². The summed E-state index contributed by atoms with van der Waals surface area (Å²) >= 11 is 0. The number of phenols is 1. The topological polar surface area (TPSA) is 54.3 Å². The zero-order valence-electron chi connectivity index (χ0n) is 18.2. The Morgan fingerprint density at radius 1 is 1.07 bits per heavy atom. The lowest BCUT2D eigenvalue weighted by Crippen LogP contribution is -2.52. The molecule has 6 nitrogen and oxygen atoms in total. The van der Waals surface area contributed by atoms with Gasteiger partial charge in [-0.1, -0.05) is 43.3 Å². The van der Waals surface area contributed by atoms with Gasteiger partial charge >= 0.3 is 0 Å². The second-order valence-electron chi connectivity index (χ2n) is 7.51. The predicted octanol–water partition coefficient (Wildman–Crippen LogP) is 3.36. The standard InChI is InChI=1S/C23H33N5O.HI/c1-4-26(3)18-20-9-7-8-19(16-20)17-25-23(24-2)28-14-12-27(13-15-28)21-10-5-6-11-22(21)29;/h5-11,16,29H,4,12-15,17-18H2,1-3H3,(H,24,25);1H. The maximum absolute atomic E-state index is 10.1. The van der Waals surface area contributed by atoms with E-state index in [0.717, 1.165) is 57.5 Å². The third kappa shape index (κ3) is 6.50. The van der Waals surface area contributed by atoms with Crippen LogP contribution in [0.3, 0.4) is 0 Å². The van der Waals surface area contributed by atoms with Crippen molar-refractivity contribution in [3.63, 3.8) is 0 Å². The Bertz CT molecular complexity index is 821. The van der Waals surface area contributed by atoms with Gasteiger partial charge in [0.1, 0.15) is 5.75 Å². The highest BCUT2D eigenvalue weighted by atomic mass is 127. The van der Waals surface area contributed by atoms with E-state index in [1.165, 1.54) is 11.1 Å². The summed E-state index contributed by atoms with van der Waals surface area (Å²) in [4.78, 5) is 11.3. The van der Waals surface area contributed by atoms with Gasteiger partial charge in [0.05, 0.1) is 5.69 Å². The Labute approximate surface area is 197 Å². The number of aromatic hydroxyl groups is 1. The lowest BCUT2D eigenvalue weighted by molar-refractivity contribution is 0.345. The third-order valence-electron chi connectivity index (χ3n) is 5.45. The summed E-state index contributed by atoms with van der Waals surface area (Å²) in [5.41, 5.74) is 3.50. The monoisotopic (exact) mass is 523 g/mol. The van der Waals surface area contributed by atoms with Crippen LogP contribution in [0.15, 0.2) is 53.5 Å². The average Bonchev–Trinajstić information content (AvgIpc) is 2.75. The minimum Gasteiger partial charge on any atom is -0.506 e. The minimum absolute atomic E-state index is 0. The zero-order valence-corrected chi connectivity index (χ0v) is 20.5. The SMILES string of the molecule is CCN(C)Cc1cccc(CNC(=NC)N2CCN(c3ccccc3O)CC2)c1.I. The Morgan fingerprint density at radius 2 is 1.77 bits per heavy atom. The van der Waals surface area contributed by atoms with Crippen LogP contribution in [0.25, 0.3) is 0 Å². The molecule has 0 atom stereocenters. The molecule has 7 heteroatoms. The van der Waals surface area contributed by atoms with Gasteiger partial charge in [0.2, 0.25) is 0 Å². The Balaban J connectivity index is 0.00000320. The normalized spacial score (nSPS) is 14.6. The Hall–Kier alpha value is -2.00. The molecule has 164 valence electrons. The summed E-state index contributed by atoms with van der Waals surface area (Å²) < 4.78 is 0. The number of benzene rings is 2. The summed E-state index contributed by atoms with van der Waals surface area (Å²) in [7, 11) is 3.98. The van der Waals surface area contributed by atoms with E-state index in [4.69, 9.17) is 0 Å². The van der Waals surface area contributed by atoms with Crippen LogP contribution in [0.4, 0.5) is 5.69 Å². The molecule has 1 aliphatic heterocycles. The predicted molar refractivity (Wildman–Crippen MR) is 136 cm³/mol. The molecule has 1 aliphatic rings. The van der Waals surface area contributed by atoms with Gasteiger partial charge in [-0.05, 0) is 36.9 Å². The summed E-state index contributed by atoms with van der Waals surface area (Å²) in [5.74, 6) is 1.27. The largest absolute Gasteiger partial charge is 0.506 e. The number of rotatable bonds is 6. The fourth-order valence-corrected chi connectivity index (χ4v) is 3.67. The molecule has 2 aromatic carbocycles. The van der Waals surface area contributed by atoms with Crippen LogP contribution in [0.5, 0.6) is 5.75 Å². The molecule has 0 bridgehead atoms. The van der Waals surface area contributed by atoms with E-state index < -0.39 is 0 Å². The van der Waals surface area contributed by atoms with E-state index in [-0.39, 0.29) is 24.0 Å². The lowest BCUT2D eigenvalue weighted by atomic mass is 10.1. The molecule has 0 saturated carbocycles. The molecule has 2 N–H and O–H groups in total. The molecule has 0 amide bonds. The first-order chi connectivity index (χ1) is 14.1. The van der Waals surface area contributed by atoms with Crippen LogP contribution < -0.4 is 10.2 Å². The van der Waals surface area contributed by atoms with Gasteiger partial charge in [0.15, 0.2) is 5.96 Å². The van der Waals surface area contributed by atoms with E-state index in [9.17, 15) is 5.11 Å². The van der Waals surface area contributed by atoms with Crippen molar-refractivity contribution in [2.24, 2.45) is 4.99 Å². The number of nitrogens with zero attached hydrogens (tertiary/aromatic N) is 4. The number of anilines is 1. The zero-order chi connectivity index (χ0) is 20.6. The Morgan fingerprint density at radius 3 is 2.43 bits per heavy atom. The fraction of sp³-hybridized carbons (Fsp3) is 0.435. The molecule has 0 aliphatic carbocycles. The van der Waals surface area contributed by atoms with Crippen molar-refractivity contribution in [3.8, 4) is 5.75 Å². The van der Waals surface area contributed by atoms with Gasteiger partial charge in [-0.25, -0.2) is 0 Å². The van der Waals surface area contributed by atoms with Crippen LogP contribution in [-0.2, 0) is 13.1 Å². The average molecular weight is 523 g/mol. The van der Waals surface area contributed by atoms with Gasteiger partial charge in [-0.2, -0.15) is 0 Å². The van der Waals surface area contributed by atoms with Gasteiger partial charge in [0, 0.05) is 46.3 Å². The van der Waals surface area contributed by atoms with Gasteiger partial charge in [-0.3, -0.25) is 4.99 Å². The molecule has 1 fully saturated rings. The number of phenolic OH excluding ortho intramolecular Hbond substituents is 1. The number of nitrogens with one attached hydrogen (secondary N) is 1. The first kappa shape index (κ1) is 24.3. The highest BCUT2D eigenvalue weighted by Gasteiger charge is 2.21. The molecule has 3 rings (SSSR count). The molecular formula is C23H34IN5O. The van der Waals surface area contributed by atoms with E-state index in [2.05, 4.69) is 63.2 Å². The summed E-state index contributed by atoms with van der Waals surface area (Å²) in [5, 5.41) is 13.6. The van der Waals surface area contributed by atoms with Crippen molar-refractivity contribution in [2.75, 3.05) is 51.7 Å². The van der Waals surface area contributed by atoms with E-state index >= 15 is 0 Å². The molecule has 30 heavy (non-hydrogen) atoms. The van der Waals surface area contributed by atoms with Crippen molar-refractivity contribution in [3.05, 3.63) is 59.7 Å². The second kappa shape index (κ2) is 12.0. The van der Waals surface area contributed by atoms with Crippen LogP contribution in [0.1, 0.15) is 18.1 Å². The fourth-order valence-electron chi connectivity index (χ4n) is 3.67. The number of hydrogen-bond acceptors (Lipinski definition) is 4. The molecule has 1 heterocycles. The van der Waals surface area contributed by atoms with Crippen molar-refractivity contribution in [1.29, 1.82) is 0 Å². The molecule has 0 spiro atoms. The number of piperazine rings is 1. The maximum atomic E-state index is 10.1. The Kier molecular flexibility index (Phi) is 9.71.